The average Bonchev–Trinajstić information content (AvgIpc) is 3.03. The number of hydrogen-bond donors (Lipinski definition) is 1. The number of nitrogens with zero attached hydrogens (tertiary/aromatic N) is 2. The molecule has 0 radical (unpaired) electrons. The first kappa shape index (κ1) is 20.0. The summed E-state index contributed by atoms with van der Waals surface area (Å²) < 4.78 is 13.2. The lowest BCUT2D eigenvalue weighted by molar-refractivity contribution is 0.0626. The number of alkyl carbamates (subject to hydrolysis) is 1. The van der Waals surface area contributed by atoms with E-state index in [1.165, 1.54) is 7.11 Å². The van der Waals surface area contributed by atoms with Crippen molar-refractivity contribution in [1.82, 2.24) is 15.1 Å². The van der Waals surface area contributed by atoms with E-state index in [1.54, 1.807) is 7.11 Å². The van der Waals surface area contributed by atoms with E-state index in [9.17, 15) is 4.79 Å². The lowest BCUT2D eigenvalue weighted by Gasteiger charge is -2.49. The van der Waals surface area contributed by atoms with Gasteiger partial charge in [-0.2, -0.15) is 5.10 Å². The third-order valence-electron chi connectivity index (χ3n) is 5.94. The summed E-state index contributed by atoms with van der Waals surface area (Å²) in [5, 5.41) is 8.99. The second-order valence-corrected chi connectivity index (χ2v) is 9.19. The minimum absolute atomic E-state index is 0.0563. The van der Waals surface area contributed by atoms with Crippen molar-refractivity contribution in [3.8, 4) is 5.75 Å². The van der Waals surface area contributed by atoms with Gasteiger partial charge in [0.2, 0.25) is 0 Å². The molecule has 0 bridgehead atoms. The van der Waals surface area contributed by atoms with Crippen LogP contribution < -0.4 is 10.1 Å². The molecule has 1 saturated carbocycles. The molecule has 0 saturated heterocycles. The largest absolute Gasteiger partial charge is 0.495 e. The van der Waals surface area contributed by atoms with E-state index in [1.807, 2.05) is 12.1 Å². The lowest BCUT2D eigenvalue weighted by atomic mass is 9.64. The summed E-state index contributed by atoms with van der Waals surface area (Å²) in [5.74, 6) is 0.783. The third-order valence-corrected chi connectivity index (χ3v) is 6.56. The Morgan fingerprint density at radius 2 is 1.96 bits per heavy atom. The van der Waals surface area contributed by atoms with Gasteiger partial charge in [-0.3, -0.25) is 4.68 Å². The molecule has 1 heterocycles. The van der Waals surface area contributed by atoms with Crippen molar-refractivity contribution >= 4 is 32.9 Å². The van der Waals surface area contributed by atoms with E-state index >= 15 is 0 Å². The van der Waals surface area contributed by atoms with Crippen molar-refractivity contribution < 1.29 is 14.3 Å². The maximum atomic E-state index is 11.9. The number of aromatic nitrogens is 2. The van der Waals surface area contributed by atoms with Crippen LogP contribution in [-0.2, 0) is 4.74 Å². The molecule has 1 aliphatic carbocycles. The van der Waals surface area contributed by atoms with Crippen LogP contribution in [0.25, 0.3) is 10.9 Å². The zero-order valence-corrected chi connectivity index (χ0v) is 18.2. The van der Waals surface area contributed by atoms with E-state index < -0.39 is 0 Å². The highest BCUT2D eigenvalue weighted by atomic mass is 79.9. The van der Waals surface area contributed by atoms with Gasteiger partial charge < -0.3 is 14.8 Å². The highest BCUT2D eigenvalue weighted by molar-refractivity contribution is 9.10. The van der Waals surface area contributed by atoms with Crippen LogP contribution in [-0.4, -0.2) is 35.6 Å². The normalized spacial score (nSPS) is 23.3. The third kappa shape index (κ3) is 3.79. The standard InChI is InChI=1S/C20H28BrN3O3/c1-19(2,3)20(22-18(25)27-5)8-6-14(7-9-20)24-12-13-10-15(21)17(26-4)11-16(13)23-24/h10-12,14H,6-9H2,1-5H3,(H,22,25). The van der Waals surface area contributed by atoms with Crippen LogP contribution in [0, 0.1) is 5.41 Å². The number of ether oxygens (including phenoxy) is 2. The molecule has 0 unspecified atom stereocenters. The van der Waals surface area contributed by atoms with Crippen LogP contribution in [0.4, 0.5) is 4.79 Å². The Labute approximate surface area is 168 Å². The molecule has 2 aromatic rings. The molecule has 1 fully saturated rings. The van der Waals surface area contributed by atoms with Crippen molar-refractivity contribution in [3.63, 3.8) is 0 Å². The maximum absolute atomic E-state index is 11.9. The molecule has 148 valence electrons. The van der Waals surface area contributed by atoms with Gasteiger partial charge in [-0.25, -0.2) is 4.79 Å². The molecular formula is C20H28BrN3O3. The maximum Gasteiger partial charge on any atom is 0.407 e. The summed E-state index contributed by atoms with van der Waals surface area (Å²) in [6.45, 7) is 6.53. The van der Waals surface area contributed by atoms with Crippen LogP contribution in [0.2, 0.25) is 0 Å². The molecule has 1 aliphatic rings. The van der Waals surface area contributed by atoms with Crippen molar-refractivity contribution in [1.29, 1.82) is 0 Å². The van der Waals surface area contributed by atoms with E-state index in [4.69, 9.17) is 14.6 Å². The van der Waals surface area contributed by atoms with Crippen LogP contribution >= 0.6 is 15.9 Å². The minimum atomic E-state index is -0.356. The van der Waals surface area contributed by atoms with Crippen LogP contribution in [0.15, 0.2) is 22.8 Å². The predicted molar refractivity (Wildman–Crippen MR) is 109 cm³/mol. The second kappa shape index (κ2) is 7.34. The molecule has 0 atom stereocenters. The molecule has 3 rings (SSSR count). The number of fused-ring (bicyclic) bond motifs is 1. The van der Waals surface area contributed by atoms with E-state index in [2.05, 4.69) is 52.9 Å². The summed E-state index contributed by atoms with van der Waals surface area (Å²) >= 11 is 3.54. The Hall–Kier alpha value is -1.76. The van der Waals surface area contributed by atoms with Gasteiger partial charge in [0.25, 0.3) is 0 Å². The molecule has 0 aliphatic heterocycles. The number of methoxy groups -OCH3 is 2. The number of halogens is 1. The molecule has 6 nitrogen and oxygen atoms in total. The molecule has 27 heavy (non-hydrogen) atoms. The molecule has 1 aromatic carbocycles. The molecule has 1 N–H and O–H groups in total. The van der Waals surface area contributed by atoms with Gasteiger partial charge in [0.1, 0.15) is 5.75 Å². The fourth-order valence-electron chi connectivity index (χ4n) is 4.06. The molecule has 1 amide bonds. The number of benzene rings is 1. The zero-order chi connectivity index (χ0) is 19.8. The van der Waals surface area contributed by atoms with Gasteiger partial charge in [0.05, 0.1) is 30.3 Å². The van der Waals surface area contributed by atoms with Gasteiger partial charge >= 0.3 is 6.09 Å². The molecular weight excluding hydrogens is 410 g/mol. The van der Waals surface area contributed by atoms with Crippen molar-refractivity contribution in [3.05, 3.63) is 22.8 Å². The lowest BCUT2D eigenvalue weighted by Crippen LogP contribution is -2.58. The van der Waals surface area contributed by atoms with Crippen LogP contribution in [0.3, 0.4) is 0 Å². The summed E-state index contributed by atoms with van der Waals surface area (Å²) in [7, 11) is 3.07. The fourth-order valence-corrected chi connectivity index (χ4v) is 4.58. The van der Waals surface area contributed by atoms with Crippen molar-refractivity contribution in [2.75, 3.05) is 14.2 Å². The van der Waals surface area contributed by atoms with Crippen LogP contribution in [0.5, 0.6) is 5.75 Å². The molecule has 0 spiro atoms. The van der Waals surface area contributed by atoms with E-state index in [0.29, 0.717) is 6.04 Å². The molecule has 7 heteroatoms. The van der Waals surface area contributed by atoms with E-state index in [0.717, 1.165) is 46.8 Å². The first-order chi connectivity index (χ1) is 12.7. The average molecular weight is 438 g/mol. The number of nitrogens with one attached hydrogen (secondary N) is 1. The fraction of sp³-hybridized carbons (Fsp3) is 0.600. The first-order valence-corrected chi connectivity index (χ1v) is 10.1. The summed E-state index contributed by atoms with van der Waals surface area (Å²) in [6.07, 6.45) is 5.42. The quantitative estimate of drug-likeness (QED) is 0.727. The van der Waals surface area contributed by atoms with Gasteiger partial charge in [0.15, 0.2) is 0 Å². The SMILES string of the molecule is COC(=O)NC1(C(C)(C)C)CCC(n2cc3cc(Br)c(OC)cc3n2)CC1. The van der Waals surface area contributed by atoms with Gasteiger partial charge in [-0.1, -0.05) is 20.8 Å². The summed E-state index contributed by atoms with van der Waals surface area (Å²) in [6, 6.07) is 4.31. The van der Waals surface area contributed by atoms with Gasteiger partial charge in [-0.15, -0.1) is 0 Å². The van der Waals surface area contributed by atoms with Gasteiger partial charge in [-0.05, 0) is 53.1 Å². The number of carbonyl (C=O) groups is 1. The summed E-state index contributed by atoms with van der Waals surface area (Å²) in [5.41, 5.74) is 0.602. The Morgan fingerprint density at radius 3 is 2.52 bits per heavy atom. The number of amides is 1. The Kier molecular flexibility index (Phi) is 5.43. The number of hydrogen-bond acceptors (Lipinski definition) is 4. The first-order valence-electron chi connectivity index (χ1n) is 9.27. The second-order valence-electron chi connectivity index (χ2n) is 8.33. The number of carbonyl (C=O) groups excluding carboxylic acids is 1. The zero-order valence-electron chi connectivity index (χ0n) is 16.6. The van der Waals surface area contributed by atoms with Crippen molar-refractivity contribution in [2.24, 2.45) is 5.41 Å². The number of rotatable bonds is 3. The van der Waals surface area contributed by atoms with E-state index in [-0.39, 0.29) is 17.0 Å². The Balaban J connectivity index is 1.81. The Morgan fingerprint density at radius 1 is 1.30 bits per heavy atom. The highest BCUT2D eigenvalue weighted by Gasteiger charge is 2.46. The Bertz CT molecular complexity index is 833. The minimum Gasteiger partial charge on any atom is -0.495 e. The summed E-state index contributed by atoms with van der Waals surface area (Å²) in [4.78, 5) is 11.9. The van der Waals surface area contributed by atoms with Crippen molar-refractivity contribution in [2.45, 2.75) is 58.0 Å². The predicted octanol–water partition coefficient (Wildman–Crippen LogP) is 5.06. The molecule has 1 aromatic heterocycles. The van der Waals surface area contributed by atoms with Crippen LogP contribution in [0.1, 0.15) is 52.5 Å². The smallest absolute Gasteiger partial charge is 0.407 e. The monoisotopic (exact) mass is 437 g/mol. The van der Waals surface area contributed by atoms with Gasteiger partial charge in [0, 0.05) is 23.2 Å². The highest BCUT2D eigenvalue weighted by Crippen LogP contribution is 2.45. The topological polar surface area (TPSA) is 65.4 Å².